The van der Waals surface area contributed by atoms with Crippen molar-refractivity contribution >= 4 is 17.7 Å². The second-order valence-electron chi connectivity index (χ2n) is 8.52. The monoisotopic (exact) mass is 456 g/mol. The van der Waals surface area contributed by atoms with Gasteiger partial charge in [0, 0.05) is 24.8 Å². The van der Waals surface area contributed by atoms with Gasteiger partial charge in [-0.3, -0.25) is 10.1 Å². The average Bonchev–Trinajstić information content (AvgIpc) is 2.77. The van der Waals surface area contributed by atoms with Crippen LogP contribution in [0.4, 0.5) is 10.5 Å². The zero-order valence-corrected chi connectivity index (χ0v) is 20.3. The van der Waals surface area contributed by atoms with Gasteiger partial charge in [-0.15, -0.1) is 0 Å². The van der Waals surface area contributed by atoms with Gasteiger partial charge in [-0.1, -0.05) is 38.1 Å². The Morgan fingerprint density at radius 3 is 2.48 bits per heavy atom. The van der Waals surface area contributed by atoms with Gasteiger partial charge >= 0.3 is 6.09 Å². The minimum atomic E-state index is -0.670. The number of amides is 2. The van der Waals surface area contributed by atoms with Crippen LogP contribution in [0.1, 0.15) is 50.7 Å². The summed E-state index contributed by atoms with van der Waals surface area (Å²) < 4.78 is 10.9. The standard InChI is InChI=1S/C25H36N4O4/c1-6-18-9-8-10-19(15-18)20-16-21(29-24(31)33-25(3,4)5)22(28-17-20)23(30)27-12-14-32-13-11-26-7-2/h8-10,15-17,26H,6-7,11-14H2,1-5H3,(H,27,30)(H,29,31). The summed E-state index contributed by atoms with van der Waals surface area (Å²) in [5.74, 6) is -0.398. The molecule has 2 amide bonds. The highest BCUT2D eigenvalue weighted by atomic mass is 16.6. The number of hydrogen-bond acceptors (Lipinski definition) is 6. The molecule has 0 unspecified atom stereocenters. The Bertz CT molecular complexity index is 925. The van der Waals surface area contributed by atoms with E-state index in [9.17, 15) is 9.59 Å². The molecule has 2 aromatic rings. The average molecular weight is 457 g/mol. The lowest BCUT2D eigenvalue weighted by molar-refractivity contribution is 0.0636. The topological polar surface area (TPSA) is 102 Å². The molecular formula is C25H36N4O4. The van der Waals surface area contributed by atoms with Gasteiger partial charge in [0.15, 0.2) is 5.69 Å². The van der Waals surface area contributed by atoms with Crippen molar-refractivity contribution in [1.29, 1.82) is 0 Å². The third-order valence-corrected chi connectivity index (χ3v) is 4.61. The van der Waals surface area contributed by atoms with Crippen LogP contribution in [0.2, 0.25) is 0 Å². The zero-order chi connectivity index (χ0) is 24.3. The first kappa shape index (κ1) is 26.3. The van der Waals surface area contributed by atoms with Crippen molar-refractivity contribution in [2.45, 2.75) is 46.6 Å². The number of carbonyl (C=O) groups is 2. The van der Waals surface area contributed by atoms with Crippen molar-refractivity contribution < 1.29 is 19.1 Å². The van der Waals surface area contributed by atoms with Crippen LogP contribution in [-0.4, -0.2) is 55.4 Å². The lowest BCUT2D eigenvalue weighted by Gasteiger charge is -2.20. The third-order valence-electron chi connectivity index (χ3n) is 4.61. The predicted molar refractivity (Wildman–Crippen MR) is 131 cm³/mol. The summed E-state index contributed by atoms with van der Waals surface area (Å²) in [4.78, 5) is 29.6. The number of benzene rings is 1. The molecule has 8 heteroatoms. The number of anilines is 1. The molecule has 0 saturated heterocycles. The summed E-state index contributed by atoms with van der Waals surface area (Å²) >= 11 is 0. The van der Waals surface area contributed by atoms with E-state index in [1.165, 1.54) is 5.56 Å². The molecule has 1 aromatic heterocycles. The predicted octanol–water partition coefficient (Wildman–Crippen LogP) is 4.01. The minimum Gasteiger partial charge on any atom is -0.444 e. The van der Waals surface area contributed by atoms with Crippen molar-refractivity contribution in [3.8, 4) is 11.1 Å². The Balaban J connectivity index is 2.17. The molecule has 0 aliphatic carbocycles. The SMILES string of the molecule is CCNCCOCCNC(=O)c1ncc(-c2cccc(CC)c2)cc1NC(=O)OC(C)(C)C. The van der Waals surface area contributed by atoms with Gasteiger partial charge < -0.3 is 20.1 Å². The summed E-state index contributed by atoms with van der Waals surface area (Å²) in [6.45, 7) is 12.4. The number of hydrogen-bond donors (Lipinski definition) is 3. The molecule has 0 atom stereocenters. The highest BCUT2D eigenvalue weighted by molar-refractivity contribution is 6.01. The number of pyridine rings is 1. The van der Waals surface area contributed by atoms with Gasteiger partial charge in [-0.25, -0.2) is 9.78 Å². The third kappa shape index (κ3) is 9.19. The van der Waals surface area contributed by atoms with E-state index in [2.05, 4.69) is 40.0 Å². The molecule has 0 saturated carbocycles. The number of aryl methyl sites for hydroxylation is 1. The number of ether oxygens (including phenoxy) is 2. The normalized spacial score (nSPS) is 11.2. The van der Waals surface area contributed by atoms with E-state index in [0.717, 1.165) is 30.6 Å². The van der Waals surface area contributed by atoms with Crippen LogP contribution >= 0.6 is 0 Å². The molecule has 2 rings (SSSR count). The number of carbonyl (C=O) groups excluding carboxylic acids is 2. The van der Waals surface area contributed by atoms with E-state index in [0.29, 0.717) is 19.8 Å². The minimum absolute atomic E-state index is 0.115. The van der Waals surface area contributed by atoms with Gasteiger partial charge in [0.25, 0.3) is 5.91 Å². The first-order chi connectivity index (χ1) is 15.7. The fourth-order valence-electron chi connectivity index (χ4n) is 3.03. The Hall–Kier alpha value is -2.97. The van der Waals surface area contributed by atoms with Crippen LogP contribution in [-0.2, 0) is 15.9 Å². The molecule has 1 aromatic carbocycles. The number of aromatic nitrogens is 1. The van der Waals surface area contributed by atoms with Crippen molar-refractivity contribution in [2.75, 3.05) is 38.2 Å². The molecule has 0 spiro atoms. The quantitative estimate of drug-likeness (QED) is 0.442. The molecule has 1 heterocycles. The van der Waals surface area contributed by atoms with Crippen molar-refractivity contribution in [3.63, 3.8) is 0 Å². The summed E-state index contributed by atoms with van der Waals surface area (Å²) in [6, 6.07) is 9.81. The fraction of sp³-hybridized carbons (Fsp3) is 0.480. The molecule has 0 radical (unpaired) electrons. The van der Waals surface area contributed by atoms with Crippen LogP contribution in [0.3, 0.4) is 0 Å². The molecular weight excluding hydrogens is 420 g/mol. The lowest BCUT2D eigenvalue weighted by atomic mass is 10.0. The first-order valence-corrected chi connectivity index (χ1v) is 11.4. The van der Waals surface area contributed by atoms with E-state index < -0.39 is 17.6 Å². The molecule has 180 valence electrons. The largest absolute Gasteiger partial charge is 0.444 e. The van der Waals surface area contributed by atoms with Gasteiger partial charge in [-0.05, 0) is 50.9 Å². The Morgan fingerprint density at radius 1 is 1.03 bits per heavy atom. The molecule has 0 fully saturated rings. The second-order valence-corrected chi connectivity index (χ2v) is 8.52. The second kappa shape index (κ2) is 12.9. The summed E-state index contributed by atoms with van der Waals surface area (Å²) in [5, 5.41) is 8.64. The van der Waals surface area contributed by atoms with Crippen molar-refractivity contribution in [3.05, 3.63) is 47.8 Å². The Kier molecular flexibility index (Phi) is 10.3. The van der Waals surface area contributed by atoms with Crippen LogP contribution in [0.5, 0.6) is 0 Å². The fourth-order valence-corrected chi connectivity index (χ4v) is 3.03. The van der Waals surface area contributed by atoms with Crippen molar-refractivity contribution in [1.82, 2.24) is 15.6 Å². The summed E-state index contributed by atoms with van der Waals surface area (Å²) in [6.07, 6.45) is 1.89. The number of nitrogens with zero attached hydrogens (tertiary/aromatic N) is 1. The maximum atomic E-state index is 12.8. The molecule has 8 nitrogen and oxygen atoms in total. The van der Waals surface area contributed by atoms with E-state index in [-0.39, 0.29) is 11.4 Å². The summed E-state index contributed by atoms with van der Waals surface area (Å²) in [5.41, 5.74) is 2.66. The van der Waals surface area contributed by atoms with Crippen LogP contribution in [0.25, 0.3) is 11.1 Å². The Labute approximate surface area is 196 Å². The van der Waals surface area contributed by atoms with Gasteiger partial charge in [0.2, 0.25) is 0 Å². The number of rotatable bonds is 11. The molecule has 0 aliphatic heterocycles. The number of likely N-dealkylation sites (N-methyl/N-ethyl adjacent to an activating group) is 1. The van der Waals surface area contributed by atoms with E-state index >= 15 is 0 Å². The van der Waals surface area contributed by atoms with Crippen LogP contribution in [0.15, 0.2) is 36.5 Å². The van der Waals surface area contributed by atoms with Gasteiger partial charge in [0.1, 0.15) is 5.60 Å². The summed E-state index contributed by atoms with van der Waals surface area (Å²) in [7, 11) is 0. The highest BCUT2D eigenvalue weighted by Gasteiger charge is 2.20. The maximum Gasteiger partial charge on any atom is 0.412 e. The molecule has 3 N–H and O–H groups in total. The van der Waals surface area contributed by atoms with Crippen LogP contribution < -0.4 is 16.0 Å². The zero-order valence-electron chi connectivity index (χ0n) is 20.3. The van der Waals surface area contributed by atoms with Crippen molar-refractivity contribution in [2.24, 2.45) is 0 Å². The smallest absolute Gasteiger partial charge is 0.412 e. The molecule has 33 heavy (non-hydrogen) atoms. The molecule has 0 bridgehead atoms. The van der Waals surface area contributed by atoms with Crippen LogP contribution in [0, 0.1) is 0 Å². The van der Waals surface area contributed by atoms with Gasteiger partial charge in [-0.2, -0.15) is 0 Å². The van der Waals surface area contributed by atoms with Gasteiger partial charge in [0.05, 0.1) is 18.9 Å². The first-order valence-electron chi connectivity index (χ1n) is 11.4. The van der Waals surface area contributed by atoms with E-state index in [4.69, 9.17) is 9.47 Å². The van der Waals surface area contributed by atoms with E-state index in [1.54, 1.807) is 33.0 Å². The number of nitrogens with one attached hydrogen (secondary N) is 3. The Morgan fingerprint density at radius 2 is 1.79 bits per heavy atom. The maximum absolute atomic E-state index is 12.8. The molecule has 0 aliphatic rings. The van der Waals surface area contributed by atoms with E-state index in [1.807, 2.05) is 19.1 Å². The highest BCUT2D eigenvalue weighted by Crippen LogP contribution is 2.26. The lowest BCUT2D eigenvalue weighted by Crippen LogP contribution is -2.31.